The maximum Gasteiger partial charge on any atom is 0.0346 e. The maximum absolute atomic E-state index is 3.52. The molecule has 0 N–H and O–H groups in total. The summed E-state index contributed by atoms with van der Waals surface area (Å²) in [5.74, 6) is 0.729. The summed E-state index contributed by atoms with van der Waals surface area (Å²) in [7, 11) is 0. The van der Waals surface area contributed by atoms with Crippen molar-refractivity contribution in [3.05, 3.63) is 33.6 Å². The molecule has 1 aromatic heterocycles. The highest BCUT2D eigenvalue weighted by Gasteiger charge is 2.05. The van der Waals surface area contributed by atoms with Crippen LogP contribution in [0.3, 0.4) is 0 Å². The first-order valence-corrected chi connectivity index (χ1v) is 6.49. The summed E-state index contributed by atoms with van der Waals surface area (Å²) in [6.45, 7) is 4.53. The first-order valence-electron chi connectivity index (χ1n) is 4.82. The number of hydrogen-bond donors (Lipinski definition) is 0. The molecule has 1 heterocycles. The van der Waals surface area contributed by atoms with Crippen LogP contribution in [0.2, 0.25) is 0 Å². The minimum atomic E-state index is 0.729. The number of fused-ring (bicyclic) bond motifs is 1. The van der Waals surface area contributed by atoms with Crippen molar-refractivity contribution < 1.29 is 0 Å². The Labute approximate surface area is 97.1 Å². The summed E-state index contributed by atoms with van der Waals surface area (Å²) < 4.78 is 2.57. The lowest BCUT2D eigenvalue weighted by molar-refractivity contribution is 0.651. The molecule has 2 aromatic rings. The van der Waals surface area contributed by atoms with Crippen LogP contribution in [-0.2, 0) is 6.42 Å². The second-order valence-electron chi connectivity index (χ2n) is 4.00. The summed E-state index contributed by atoms with van der Waals surface area (Å²) in [6, 6.07) is 6.52. The second-order valence-corrected chi connectivity index (χ2v) is 5.83. The van der Waals surface area contributed by atoms with Gasteiger partial charge in [0.25, 0.3) is 0 Å². The molecule has 0 atom stereocenters. The van der Waals surface area contributed by atoms with Gasteiger partial charge in [-0.25, -0.2) is 0 Å². The summed E-state index contributed by atoms with van der Waals surface area (Å²) in [4.78, 5) is 0. The van der Waals surface area contributed by atoms with Gasteiger partial charge in [-0.2, -0.15) is 0 Å². The predicted octanol–water partition coefficient (Wildman–Crippen LogP) is 4.86. The Kier molecular flexibility index (Phi) is 2.93. The molecule has 0 amide bonds. The van der Waals surface area contributed by atoms with Crippen LogP contribution >= 0.6 is 27.3 Å². The summed E-state index contributed by atoms with van der Waals surface area (Å²) in [6.07, 6.45) is 1.18. The molecule has 0 aliphatic heterocycles. The first kappa shape index (κ1) is 10.2. The average molecular weight is 269 g/mol. The molecule has 74 valence electrons. The van der Waals surface area contributed by atoms with E-state index in [4.69, 9.17) is 0 Å². The summed E-state index contributed by atoms with van der Waals surface area (Å²) in [5, 5.41) is 3.70. The fraction of sp³-hybridized carbons (Fsp3) is 0.333. The first-order chi connectivity index (χ1) is 6.66. The minimum absolute atomic E-state index is 0.729. The second kappa shape index (κ2) is 4.03. The Balaban J connectivity index is 2.50. The van der Waals surface area contributed by atoms with E-state index >= 15 is 0 Å². The van der Waals surface area contributed by atoms with Crippen LogP contribution in [0.25, 0.3) is 10.1 Å². The predicted molar refractivity (Wildman–Crippen MR) is 68.1 cm³/mol. The molecule has 0 aliphatic rings. The third kappa shape index (κ3) is 2.01. The van der Waals surface area contributed by atoms with E-state index in [1.165, 1.54) is 26.5 Å². The van der Waals surface area contributed by atoms with Gasteiger partial charge in [-0.1, -0.05) is 29.8 Å². The van der Waals surface area contributed by atoms with Crippen molar-refractivity contribution in [2.24, 2.45) is 5.92 Å². The molecule has 0 unspecified atom stereocenters. The zero-order valence-electron chi connectivity index (χ0n) is 8.38. The molecule has 0 nitrogen and oxygen atoms in total. The summed E-state index contributed by atoms with van der Waals surface area (Å²) in [5.41, 5.74) is 1.49. The molecule has 0 spiro atoms. The monoisotopic (exact) mass is 268 g/mol. The zero-order chi connectivity index (χ0) is 10.1. The lowest BCUT2D eigenvalue weighted by atomic mass is 10.0. The van der Waals surface area contributed by atoms with Gasteiger partial charge < -0.3 is 0 Å². The van der Waals surface area contributed by atoms with Gasteiger partial charge in [0, 0.05) is 9.17 Å². The number of benzene rings is 1. The van der Waals surface area contributed by atoms with E-state index in [9.17, 15) is 0 Å². The van der Waals surface area contributed by atoms with Crippen molar-refractivity contribution in [2.75, 3.05) is 0 Å². The lowest BCUT2D eigenvalue weighted by Crippen LogP contribution is -1.91. The van der Waals surface area contributed by atoms with Crippen LogP contribution < -0.4 is 0 Å². The maximum atomic E-state index is 3.52. The van der Waals surface area contributed by atoms with Crippen LogP contribution in [0.1, 0.15) is 19.4 Å². The zero-order valence-corrected chi connectivity index (χ0v) is 10.8. The molecule has 0 saturated carbocycles. The van der Waals surface area contributed by atoms with E-state index in [2.05, 4.69) is 53.4 Å². The average Bonchev–Trinajstić information content (AvgIpc) is 2.47. The standard InChI is InChI=1S/C12H13BrS/c1-8(2)5-9-7-14-12-4-3-10(13)6-11(9)12/h3-4,6-8H,5H2,1-2H3. The van der Waals surface area contributed by atoms with Gasteiger partial charge in [-0.3, -0.25) is 0 Å². The highest BCUT2D eigenvalue weighted by molar-refractivity contribution is 9.10. The number of halogens is 1. The van der Waals surface area contributed by atoms with Crippen molar-refractivity contribution in [3.63, 3.8) is 0 Å². The molecule has 0 fully saturated rings. The molecule has 0 aliphatic carbocycles. The Morgan fingerprint density at radius 3 is 2.86 bits per heavy atom. The van der Waals surface area contributed by atoms with E-state index in [0.29, 0.717) is 0 Å². The van der Waals surface area contributed by atoms with E-state index < -0.39 is 0 Å². The van der Waals surface area contributed by atoms with Crippen molar-refractivity contribution in [3.8, 4) is 0 Å². The van der Waals surface area contributed by atoms with Crippen LogP contribution in [0, 0.1) is 5.92 Å². The van der Waals surface area contributed by atoms with E-state index in [0.717, 1.165) is 5.92 Å². The summed E-state index contributed by atoms with van der Waals surface area (Å²) >= 11 is 5.37. The number of hydrogen-bond acceptors (Lipinski definition) is 1. The minimum Gasteiger partial charge on any atom is -0.144 e. The molecule has 0 bridgehead atoms. The molecular weight excluding hydrogens is 256 g/mol. The van der Waals surface area contributed by atoms with Crippen LogP contribution in [0.4, 0.5) is 0 Å². The Morgan fingerprint density at radius 1 is 1.36 bits per heavy atom. The highest BCUT2D eigenvalue weighted by Crippen LogP contribution is 2.30. The van der Waals surface area contributed by atoms with E-state index in [-0.39, 0.29) is 0 Å². The van der Waals surface area contributed by atoms with Crippen molar-refractivity contribution >= 4 is 37.4 Å². The van der Waals surface area contributed by atoms with E-state index in [1.54, 1.807) is 0 Å². The molecule has 1 aromatic carbocycles. The van der Waals surface area contributed by atoms with Gasteiger partial charge in [-0.05, 0) is 46.9 Å². The molecule has 2 rings (SSSR count). The van der Waals surface area contributed by atoms with Gasteiger partial charge >= 0.3 is 0 Å². The Bertz CT molecular complexity index is 443. The molecule has 14 heavy (non-hydrogen) atoms. The third-order valence-electron chi connectivity index (χ3n) is 2.24. The molecular formula is C12H13BrS. The van der Waals surface area contributed by atoms with Gasteiger partial charge in [0.05, 0.1) is 0 Å². The van der Waals surface area contributed by atoms with Crippen molar-refractivity contribution in [2.45, 2.75) is 20.3 Å². The quantitative estimate of drug-likeness (QED) is 0.730. The Hall–Kier alpha value is -0.340. The van der Waals surface area contributed by atoms with Gasteiger partial charge in [-0.15, -0.1) is 11.3 Å². The smallest absolute Gasteiger partial charge is 0.0346 e. The number of thiophene rings is 1. The van der Waals surface area contributed by atoms with Crippen molar-refractivity contribution in [1.29, 1.82) is 0 Å². The van der Waals surface area contributed by atoms with E-state index in [1.807, 2.05) is 11.3 Å². The Morgan fingerprint density at radius 2 is 2.14 bits per heavy atom. The van der Waals surface area contributed by atoms with Gasteiger partial charge in [0.15, 0.2) is 0 Å². The third-order valence-corrected chi connectivity index (χ3v) is 3.75. The fourth-order valence-corrected chi connectivity index (χ4v) is 2.97. The van der Waals surface area contributed by atoms with Gasteiger partial charge in [0.2, 0.25) is 0 Å². The van der Waals surface area contributed by atoms with Crippen molar-refractivity contribution in [1.82, 2.24) is 0 Å². The van der Waals surface area contributed by atoms with Gasteiger partial charge in [0.1, 0.15) is 0 Å². The largest absolute Gasteiger partial charge is 0.144 e. The van der Waals surface area contributed by atoms with Crippen LogP contribution in [-0.4, -0.2) is 0 Å². The lowest BCUT2D eigenvalue weighted by Gasteiger charge is -2.02. The van der Waals surface area contributed by atoms with Crippen LogP contribution in [0.15, 0.2) is 28.1 Å². The topological polar surface area (TPSA) is 0 Å². The normalized spacial score (nSPS) is 11.4. The molecule has 2 heteroatoms. The SMILES string of the molecule is CC(C)Cc1csc2ccc(Br)cc12. The molecule has 0 radical (unpaired) electrons. The number of rotatable bonds is 2. The molecule has 0 saturated heterocycles. The highest BCUT2D eigenvalue weighted by atomic mass is 79.9. The van der Waals surface area contributed by atoms with Crippen LogP contribution in [0.5, 0.6) is 0 Å². The fourth-order valence-electron chi connectivity index (χ4n) is 1.65.